The van der Waals surface area contributed by atoms with E-state index >= 15 is 0 Å². The fourth-order valence-electron chi connectivity index (χ4n) is 1.85. The van der Waals surface area contributed by atoms with Gasteiger partial charge in [-0.05, 0) is 17.4 Å². The van der Waals surface area contributed by atoms with Gasteiger partial charge >= 0.3 is 8.03 Å². The summed E-state index contributed by atoms with van der Waals surface area (Å²) in [5.41, 5.74) is 0. The van der Waals surface area contributed by atoms with Gasteiger partial charge < -0.3 is 5.11 Å². The van der Waals surface area contributed by atoms with Gasteiger partial charge in [0.05, 0.1) is 12.0 Å². The smallest absolute Gasteiger partial charge is 0.389 e. The molecule has 1 unspecified atom stereocenters. The predicted molar refractivity (Wildman–Crippen MR) is 61.7 cm³/mol. The van der Waals surface area contributed by atoms with Crippen LogP contribution in [-0.4, -0.2) is 29.9 Å². The zero-order chi connectivity index (χ0) is 11.1. The molecular formula is C10H19ClO3P+. The third kappa shape index (κ3) is 5.82. The van der Waals surface area contributed by atoms with Crippen LogP contribution >= 0.6 is 19.6 Å². The first kappa shape index (κ1) is 13.4. The predicted octanol–water partition coefficient (Wildman–Crippen LogP) is 2.93. The van der Waals surface area contributed by atoms with E-state index in [0.717, 1.165) is 0 Å². The molecule has 15 heavy (non-hydrogen) atoms. The molecule has 0 aromatic rings. The highest BCUT2D eigenvalue weighted by Crippen LogP contribution is 2.33. The molecule has 0 aliphatic heterocycles. The molecule has 1 fully saturated rings. The van der Waals surface area contributed by atoms with Crippen LogP contribution in [-0.2, 0) is 9.09 Å². The van der Waals surface area contributed by atoms with Crippen molar-refractivity contribution in [1.29, 1.82) is 0 Å². The molecule has 0 saturated heterocycles. The molecular weight excluding hydrogens is 235 g/mol. The minimum atomic E-state index is -1.61. The van der Waals surface area contributed by atoms with Crippen molar-refractivity contribution in [2.24, 2.45) is 5.92 Å². The van der Waals surface area contributed by atoms with Crippen molar-refractivity contribution in [1.82, 2.24) is 0 Å². The van der Waals surface area contributed by atoms with Crippen LogP contribution in [0.3, 0.4) is 0 Å². The molecule has 3 nitrogen and oxygen atoms in total. The van der Waals surface area contributed by atoms with Crippen LogP contribution < -0.4 is 0 Å². The molecule has 5 heteroatoms. The fourth-order valence-corrected chi connectivity index (χ4v) is 3.17. The average molecular weight is 254 g/mol. The van der Waals surface area contributed by atoms with Gasteiger partial charge in [0.1, 0.15) is 6.61 Å². The van der Waals surface area contributed by atoms with E-state index in [0.29, 0.717) is 12.1 Å². The van der Waals surface area contributed by atoms with Gasteiger partial charge in [-0.1, -0.05) is 19.3 Å². The summed E-state index contributed by atoms with van der Waals surface area (Å²) in [5, 5.41) is 9.13. The molecule has 1 aliphatic carbocycles. The second-order valence-electron chi connectivity index (χ2n) is 4.12. The molecule has 1 N–H and O–H groups in total. The summed E-state index contributed by atoms with van der Waals surface area (Å²) < 4.78 is 16.6. The monoisotopic (exact) mass is 253 g/mol. The maximum absolute atomic E-state index is 11.5. The molecule has 1 aliphatic rings. The van der Waals surface area contributed by atoms with Crippen LogP contribution in [0.2, 0.25) is 0 Å². The highest BCUT2D eigenvalue weighted by Gasteiger charge is 2.27. The molecule has 0 aromatic heterocycles. The average Bonchev–Trinajstić information content (AvgIpc) is 2.27. The van der Waals surface area contributed by atoms with Crippen molar-refractivity contribution in [2.75, 3.05) is 18.6 Å². The van der Waals surface area contributed by atoms with Gasteiger partial charge in [-0.2, -0.15) is 0 Å². The van der Waals surface area contributed by atoms with Crippen LogP contribution in [0.15, 0.2) is 0 Å². The summed E-state index contributed by atoms with van der Waals surface area (Å²) in [6, 6.07) is 0. The van der Waals surface area contributed by atoms with E-state index in [-0.39, 0.29) is 12.5 Å². The van der Waals surface area contributed by atoms with Gasteiger partial charge in [0.2, 0.25) is 0 Å². The number of rotatable bonds is 6. The van der Waals surface area contributed by atoms with Crippen molar-refractivity contribution >= 4 is 19.6 Å². The third-order valence-electron chi connectivity index (χ3n) is 2.72. The molecule has 1 saturated carbocycles. The van der Waals surface area contributed by atoms with Crippen LogP contribution in [0.25, 0.3) is 0 Å². The highest BCUT2D eigenvalue weighted by atomic mass is 35.5. The SMILES string of the molecule is O=[P+](CC1CCCCC1)OC[C@@H](O)CCl. The Bertz CT molecular complexity index is 195. The molecule has 0 bridgehead atoms. The number of aliphatic hydroxyl groups excluding tert-OH is 1. The van der Waals surface area contributed by atoms with Gasteiger partial charge in [-0.3, -0.25) is 0 Å². The fraction of sp³-hybridized carbons (Fsp3) is 1.00. The van der Waals surface area contributed by atoms with Crippen molar-refractivity contribution in [2.45, 2.75) is 38.2 Å². The summed E-state index contributed by atoms with van der Waals surface area (Å²) in [4.78, 5) is 0. The topological polar surface area (TPSA) is 46.5 Å². The maximum Gasteiger partial charge on any atom is 0.508 e. The molecule has 0 spiro atoms. The van der Waals surface area contributed by atoms with Crippen LogP contribution in [0.4, 0.5) is 0 Å². The summed E-state index contributed by atoms with van der Waals surface area (Å²) in [6.07, 6.45) is 6.09. The molecule has 1 rings (SSSR count). The van der Waals surface area contributed by atoms with E-state index in [1.54, 1.807) is 0 Å². The molecule has 0 radical (unpaired) electrons. The Kier molecular flexibility index (Phi) is 6.74. The Hall–Kier alpha value is 0.310. The Balaban J connectivity index is 2.11. The number of halogens is 1. The van der Waals surface area contributed by atoms with Crippen molar-refractivity contribution in [3.05, 3.63) is 0 Å². The minimum absolute atomic E-state index is 0.0887. The molecule has 88 valence electrons. The zero-order valence-corrected chi connectivity index (χ0v) is 10.6. The number of alkyl halides is 1. The normalized spacial score (nSPS) is 21.3. The second-order valence-corrected chi connectivity index (χ2v) is 5.72. The van der Waals surface area contributed by atoms with E-state index < -0.39 is 14.1 Å². The van der Waals surface area contributed by atoms with E-state index in [9.17, 15) is 4.57 Å². The van der Waals surface area contributed by atoms with Crippen LogP contribution in [0.5, 0.6) is 0 Å². The zero-order valence-electron chi connectivity index (χ0n) is 8.90. The first-order chi connectivity index (χ1) is 7.22. The third-order valence-corrected chi connectivity index (χ3v) is 4.33. The number of hydrogen-bond donors (Lipinski definition) is 1. The van der Waals surface area contributed by atoms with Crippen molar-refractivity contribution in [3.63, 3.8) is 0 Å². The molecule has 0 amide bonds. The number of aliphatic hydroxyl groups is 1. The largest absolute Gasteiger partial charge is 0.508 e. The maximum atomic E-state index is 11.5. The Morgan fingerprint density at radius 2 is 2.07 bits per heavy atom. The Labute approximate surface area is 97.0 Å². The van der Waals surface area contributed by atoms with Crippen molar-refractivity contribution in [3.8, 4) is 0 Å². The van der Waals surface area contributed by atoms with Crippen molar-refractivity contribution < 1.29 is 14.2 Å². The highest BCUT2D eigenvalue weighted by molar-refractivity contribution is 7.39. The Morgan fingerprint density at radius 3 is 2.67 bits per heavy atom. The van der Waals surface area contributed by atoms with Crippen LogP contribution in [0.1, 0.15) is 32.1 Å². The van der Waals surface area contributed by atoms with Gasteiger partial charge in [-0.25, -0.2) is 0 Å². The van der Waals surface area contributed by atoms with Gasteiger partial charge in [0.25, 0.3) is 0 Å². The van der Waals surface area contributed by atoms with E-state index in [1.165, 1.54) is 32.1 Å². The summed E-state index contributed by atoms with van der Waals surface area (Å²) >= 11 is 5.40. The van der Waals surface area contributed by atoms with Gasteiger partial charge in [-0.15, -0.1) is 16.1 Å². The molecule has 0 heterocycles. The van der Waals surface area contributed by atoms with Gasteiger partial charge in [0.15, 0.2) is 6.16 Å². The molecule has 2 atom stereocenters. The summed E-state index contributed by atoms with van der Waals surface area (Å²) in [6.45, 7) is 0.0887. The van der Waals surface area contributed by atoms with Gasteiger partial charge in [0, 0.05) is 5.92 Å². The first-order valence-corrected chi connectivity index (χ1v) is 7.43. The summed E-state index contributed by atoms with van der Waals surface area (Å²) in [7, 11) is -1.61. The standard InChI is InChI=1S/C10H19ClO3P/c11-6-10(12)7-14-15(13)8-9-4-2-1-3-5-9/h9-10,12H,1-8H2/q+1/t10-/m0/s1. The lowest BCUT2D eigenvalue weighted by atomic mass is 9.91. The lowest BCUT2D eigenvalue weighted by Gasteiger charge is -2.16. The second kappa shape index (κ2) is 7.56. The Morgan fingerprint density at radius 1 is 1.40 bits per heavy atom. The quantitative estimate of drug-likeness (QED) is 0.585. The van der Waals surface area contributed by atoms with E-state index in [4.69, 9.17) is 21.2 Å². The molecule has 0 aromatic carbocycles. The summed E-state index contributed by atoms with van der Waals surface area (Å²) in [5.74, 6) is 0.683. The van der Waals surface area contributed by atoms with E-state index in [2.05, 4.69) is 0 Å². The lowest BCUT2D eigenvalue weighted by Crippen LogP contribution is -2.15. The first-order valence-electron chi connectivity index (χ1n) is 5.54. The number of hydrogen-bond acceptors (Lipinski definition) is 3. The van der Waals surface area contributed by atoms with E-state index in [1.807, 2.05) is 0 Å². The minimum Gasteiger partial charge on any atom is -0.389 e. The van der Waals surface area contributed by atoms with Crippen LogP contribution in [0, 0.1) is 5.92 Å². The lowest BCUT2D eigenvalue weighted by molar-refractivity contribution is 0.129.